The Morgan fingerprint density at radius 3 is 2.50 bits per heavy atom. The van der Waals surface area contributed by atoms with Crippen LogP contribution in [0.5, 0.6) is 0 Å². The molecule has 22 heavy (non-hydrogen) atoms. The second kappa shape index (κ2) is 6.28. The summed E-state index contributed by atoms with van der Waals surface area (Å²) >= 11 is 5.84. The number of aromatic nitrogens is 2. The van der Waals surface area contributed by atoms with Crippen LogP contribution in [0.3, 0.4) is 0 Å². The highest BCUT2D eigenvalue weighted by Gasteiger charge is 2.29. The van der Waals surface area contributed by atoms with Crippen LogP contribution in [0, 0.1) is 0 Å². The largest absolute Gasteiger partial charge is 0.338 e. The average Bonchev–Trinajstić information content (AvgIpc) is 2.97. The average molecular weight is 325 g/mol. The van der Waals surface area contributed by atoms with Gasteiger partial charge in [-0.3, -0.25) is 14.3 Å². The maximum atomic E-state index is 12.7. The number of carbonyl (C=O) groups is 2. The van der Waals surface area contributed by atoms with Gasteiger partial charge in [0, 0.05) is 32.7 Å². The molecule has 0 saturated carbocycles. The molecule has 1 aromatic heterocycles. The molecule has 0 radical (unpaired) electrons. The van der Waals surface area contributed by atoms with Crippen molar-refractivity contribution >= 4 is 23.4 Å². The van der Waals surface area contributed by atoms with E-state index in [1.807, 2.05) is 9.58 Å². The minimum atomic E-state index is -0.509. The number of hydrogen-bond acceptors (Lipinski definition) is 3. The van der Waals surface area contributed by atoms with Crippen LogP contribution in [0.4, 0.5) is 0 Å². The van der Waals surface area contributed by atoms with Crippen molar-refractivity contribution in [3.8, 4) is 0 Å². The predicted octanol–water partition coefficient (Wildman–Crippen LogP) is 1.13. The van der Waals surface area contributed by atoms with Gasteiger partial charge in [0.2, 0.25) is 5.91 Å². The van der Waals surface area contributed by atoms with Gasteiger partial charge in [-0.25, -0.2) is 0 Å². The van der Waals surface area contributed by atoms with Gasteiger partial charge < -0.3 is 9.80 Å². The predicted molar refractivity (Wildman–Crippen MR) is 83.0 cm³/mol. The highest BCUT2D eigenvalue weighted by molar-refractivity contribution is 6.30. The zero-order valence-electron chi connectivity index (χ0n) is 12.8. The minimum absolute atomic E-state index is 0.0363. The quantitative estimate of drug-likeness (QED) is 0.766. The van der Waals surface area contributed by atoms with E-state index >= 15 is 0 Å². The maximum absolute atomic E-state index is 12.7. The molecule has 0 aliphatic carbocycles. The maximum Gasteiger partial charge on any atom is 0.257 e. The van der Waals surface area contributed by atoms with Crippen LogP contribution in [0.1, 0.15) is 35.8 Å². The number of aryl methyl sites for hydroxylation is 1. The lowest BCUT2D eigenvalue weighted by Crippen LogP contribution is -2.52. The summed E-state index contributed by atoms with van der Waals surface area (Å²) in [5, 5.41) is 3.82. The van der Waals surface area contributed by atoms with Gasteiger partial charge in [0.15, 0.2) is 0 Å². The third-order valence-corrected chi connectivity index (χ3v) is 4.62. The lowest BCUT2D eigenvalue weighted by Gasteiger charge is -2.35. The zero-order chi connectivity index (χ0) is 15.7. The Kier molecular flexibility index (Phi) is 4.38. The van der Waals surface area contributed by atoms with Crippen LogP contribution in [0.15, 0.2) is 6.20 Å². The molecule has 2 aliphatic rings. The number of piperazine rings is 1. The molecule has 0 spiro atoms. The van der Waals surface area contributed by atoms with Crippen LogP contribution in [0.2, 0.25) is 0 Å². The first-order chi connectivity index (χ1) is 10.6. The highest BCUT2D eigenvalue weighted by atomic mass is 35.5. The first kappa shape index (κ1) is 15.3. The van der Waals surface area contributed by atoms with Crippen molar-refractivity contribution in [1.82, 2.24) is 19.6 Å². The fourth-order valence-corrected chi connectivity index (χ4v) is 3.29. The van der Waals surface area contributed by atoms with Gasteiger partial charge in [0.05, 0.1) is 17.5 Å². The summed E-state index contributed by atoms with van der Waals surface area (Å²) in [6.07, 6.45) is 4.85. The molecule has 1 saturated heterocycles. The molecular weight excluding hydrogens is 304 g/mol. The molecule has 7 heteroatoms. The van der Waals surface area contributed by atoms with Crippen molar-refractivity contribution in [2.45, 2.75) is 38.1 Å². The van der Waals surface area contributed by atoms with E-state index in [4.69, 9.17) is 11.6 Å². The number of carbonyl (C=O) groups excluding carboxylic acids is 2. The fraction of sp³-hybridized carbons (Fsp3) is 0.667. The molecule has 0 N–H and O–H groups in total. The highest BCUT2D eigenvalue weighted by Crippen LogP contribution is 2.20. The number of amides is 2. The number of halogens is 1. The molecule has 1 aromatic rings. The van der Waals surface area contributed by atoms with E-state index < -0.39 is 5.38 Å². The molecule has 2 aliphatic heterocycles. The van der Waals surface area contributed by atoms with Gasteiger partial charge in [-0.15, -0.1) is 11.6 Å². The first-order valence-electron chi connectivity index (χ1n) is 7.84. The van der Waals surface area contributed by atoms with Crippen molar-refractivity contribution in [2.75, 3.05) is 26.2 Å². The second-order valence-electron chi connectivity index (χ2n) is 5.92. The van der Waals surface area contributed by atoms with Crippen LogP contribution in [-0.4, -0.2) is 63.0 Å². The number of alkyl halides is 1. The topological polar surface area (TPSA) is 58.4 Å². The molecule has 1 fully saturated rings. The molecule has 0 bridgehead atoms. The van der Waals surface area contributed by atoms with Crippen molar-refractivity contribution < 1.29 is 9.59 Å². The van der Waals surface area contributed by atoms with Gasteiger partial charge in [0.25, 0.3) is 5.91 Å². The number of nitrogens with zero attached hydrogens (tertiary/aromatic N) is 4. The van der Waals surface area contributed by atoms with Crippen LogP contribution in [-0.2, 0) is 17.8 Å². The van der Waals surface area contributed by atoms with Crippen LogP contribution < -0.4 is 0 Å². The van der Waals surface area contributed by atoms with E-state index in [0.717, 1.165) is 37.1 Å². The molecule has 2 amide bonds. The van der Waals surface area contributed by atoms with Crippen LogP contribution in [0.25, 0.3) is 0 Å². The molecular formula is C15H21ClN4O2. The number of hydrogen-bond donors (Lipinski definition) is 0. The van der Waals surface area contributed by atoms with E-state index in [1.165, 1.54) is 0 Å². The van der Waals surface area contributed by atoms with Crippen LogP contribution >= 0.6 is 11.6 Å². The summed E-state index contributed by atoms with van der Waals surface area (Å²) in [5.41, 5.74) is 1.79. The van der Waals surface area contributed by atoms with Crippen molar-refractivity contribution in [3.63, 3.8) is 0 Å². The third-order valence-electron chi connectivity index (χ3n) is 4.43. The standard InChI is InChI=1S/C15H21ClN4O2/c1-11(16)14(21)18-6-8-19(9-7-18)15(22)12-10-17-20-5-3-2-4-13(12)20/h10-11H,2-9H2,1H3. The van der Waals surface area contributed by atoms with E-state index in [9.17, 15) is 9.59 Å². The monoisotopic (exact) mass is 324 g/mol. The van der Waals surface area contributed by atoms with Gasteiger partial charge in [-0.05, 0) is 26.2 Å². The molecule has 120 valence electrons. The Labute approximate surface area is 135 Å². The van der Waals surface area contributed by atoms with Crippen molar-refractivity contribution in [2.24, 2.45) is 0 Å². The SMILES string of the molecule is CC(Cl)C(=O)N1CCN(C(=O)c2cnn3c2CCCC3)CC1. The first-order valence-corrected chi connectivity index (χ1v) is 8.28. The Morgan fingerprint density at radius 2 is 1.82 bits per heavy atom. The summed E-state index contributed by atoms with van der Waals surface area (Å²) in [4.78, 5) is 28.1. The summed E-state index contributed by atoms with van der Waals surface area (Å²) < 4.78 is 1.95. The van der Waals surface area contributed by atoms with Crippen molar-refractivity contribution in [1.29, 1.82) is 0 Å². The van der Waals surface area contributed by atoms with E-state index in [2.05, 4.69) is 5.10 Å². The van der Waals surface area contributed by atoms with Gasteiger partial charge in [0.1, 0.15) is 5.38 Å². The number of rotatable bonds is 2. The molecule has 0 aromatic carbocycles. The van der Waals surface area contributed by atoms with Crippen molar-refractivity contribution in [3.05, 3.63) is 17.5 Å². The normalized spacial score (nSPS) is 19.7. The molecule has 3 heterocycles. The lowest BCUT2D eigenvalue weighted by atomic mass is 10.1. The van der Waals surface area contributed by atoms with Gasteiger partial charge in [-0.1, -0.05) is 0 Å². The summed E-state index contributed by atoms with van der Waals surface area (Å²) in [5.74, 6) is -0.0224. The fourth-order valence-electron chi connectivity index (χ4n) is 3.15. The molecule has 1 atom stereocenters. The zero-order valence-corrected chi connectivity index (χ0v) is 13.6. The lowest BCUT2D eigenvalue weighted by molar-refractivity contribution is -0.131. The molecule has 6 nitrogen and oxygen atoms in total. The Hall–Kier alpha value is -1.56. The second-order valence-corrected chi connectivity index (χ2v) is 6.57. The van der Waals surface area contributed by atoms with E-state index in [0.29, 0.717) is 26.2 Å². The summed E-state index contributed by atoms with van der Waals surface area (Å²) in [7, 11) is 0. The van der Waals surface area contributed by atoms with Gasteiger partial charge >= 0.3 is 0 Å². The molecule has 1 unspecified atom stereocenters. The molecule has 3 rings (SSSR count). The summed E-state index contributed by atoms with van der Waals surface area (Å²) in [6.45, 7) is 4.78. The third kappa shape index (κ3) is 2.84. The van der Waals surface area contributed by atoms with Gasteiger partial charge in [-0.2, -0.15) is 5.10 Å². The Morgan fingerprint density at radius 1 is 1.14 bits per heavy atom. The minimum Gasteiger partial charge on any atom is -0.338 e. The Bertz CT molecular complexity index is 576. The summed E-state index contributed by atoms with van der Waals surface area (Å²) in [6, 6.07) is 0. The smallest absolute Gasteiger partial charge is 0.257 e. The van der Waals surface area contributed by atoms with E-state index in [1.54, 1.807) is 18.0 Å². The Balaban J connectivity index is 1.65. The van der Waals surface area contributed by atoms with E-state index in [-0.39, 0.29) is 11.8 Å². The number of fused-ring (bicyclic) bond motifs is 1.